The maximum Gasteiger partial charge on any atom is 0.291 e. The molecule has 0 saturated carbocycles. The van der Waals surface area contributed by atoms with E-state index in [1.165, 1.54) is 30.5 Å². The molecule has 0 saturated heterocycles. The number of hydrogen-bond acceptors (Lipinski definition) is 4. The summed E-state index contributed by atoms with van der Waals surface area (Å²) < 4.78 is 18.6. The minimum absolute atomic E-state index is 0.0896. The molecule has 8 heteroatoms. The van der Waals surface area contributed by atoms with Crippen molar-refractivity contribution < 1.29 is 18.4 Å². The van der Waals surface area contributed by atoms with Crippen molar-refractivity contribution in [3.63, 3.8) is 0 Å². The van der Waals surface area contributed by atoms with Crippen molar-refractivity contribution in [3.05, 3.63) is 77.5 Å². The lowest BCUT2D eigenvalue weighted by atomic mass is 10.2. The molecule has 2 aromatic carbocycles. The van der Waals surface area contributed by atoms with Crippen LogP contribution in [-0.4, -0.2) is 18.4 Å². The number of halogens is 2. The Morgan fingerprint density at radius 3 is 2.52 bits per heavy atom. The van der Waals surface area contributed by atoms with E-state index in [1.54, 1.807) is 30.3 Å². The fraction of sp³-hybridized carbons (Fsp3) is 0.0526. The van der Waals surface area contributed by atoms with Gasteiger partial charge < -0.3 is 20.4 Å². The molecule has 1 heterocycles. The van der Waals surface area contributed by atoms with Gasteiger partial charge >= 0.3 is 0 Å². The topological polar surface area (TPSA) is 83.4 Å². The summed E-state index contributed by atoms with van der Waals surface area (Å²) in [5.74, 6) is -1.29. The smallest absolute Gasteiger partial charge is 0.291 e. The average molecular weight is 388 g/mol. The zero-order valence-corrected chi connectivity index (χ0v) is 14.7. The molecule has 3 N–H and O–H groups in total. The first-order valence-electron chi connectivity index (χ1n) is 7.95. The number of anilines is 3. The van der Waals surface area contributed by atoms with Crippen LogP contribution < -0.4 is 16.0 Å². The van der Waals surface area contributed by atoms with Crippen molar-refractivity contribution in [1.29, 1.82) is 0 Å². The van der Waals surface area contributed by atoms with Crippen LogP contribution in [0.15, 0.2) is 65.3 Å². The summed E-state index contributed by atoms with van der Waals surface area (Å²) in [6.45, 7) is -0.139. The standard InChI is InChI=1S/C19H15ClFN3O3/c20-12-7-8-15(16(10-12)24-19(26)17-6-3-9-27-17)22-11-18(25)23-14-5-2-1-4-13(14)21/h1-10,22H,11H2,(H,23,25)(H,24,26). The van der Waals surface area contributed by atoms with E-state index in [2.05, 4.69) is 16.0 Å². The number of hydrogen-bond donors (Lipinski definition) is 3. The minimum atomic E-state index is -0.524. The lowest BCUT2D eigenvalue weighted by Gasteiger charge is -2.13. The van der Waals surface area contributed by atoms with Gasteiger partial charge in [0, 0.05) is 5.02 Å². The van der Waals surface area contributed by atoms with Crippen molar-refractivity contribution in [2.45, 2.75) is 0 Å². The Morgan fingerprint density at radius 2 is 1.78 bits per heavy atom. The third-order valence-corrected chi connectivity index (χ3v) is 3.80. The van der Waals surface area contributed by atoms with E-state index >= 15 is 0 Å². The molecular formula is C19H15ClFN3O3. The fourth-order valence-electron chi connectivity index (χ4n) is 2.30. The largest absolute Gasteiger partial charge is 0.459 e. The summed E-state index contributed by atoms with van der Waals surface area (Å²) in [4.78, 5) is 24.2. The zero-order chi connectivity index (χ0) is 19.2. The quantitative estimate of drug-likeness (QED) is 0.586. The normalized spacial score (nSPS) is 10.3. The highest BCUT2D eigenvalue weighted by atomic mass is 35.5. The molecule has 0 aliphatic heterocycles. The molecule has 0 bridgehead atoms. The van der Waals surface area contributed by atoms with Gasteiger partial charge in [-0.15, -0.1) is 0 Å². The van der Waals surface area contributed by atoms with Gasteiger partial charge in [0.05, 0.1) is 29.9 Å². The van der Waals surface area contributed by atoms with Crippen LogP contribution in [0.4, 0.5) is 21.5 Å². The molecule has 0 unspecified atom stereocenters. The summed E-state index contributed by atoms with van der Waals surface area (Å²) in [5, 5.41) is 8.44. The molecule has 0 radical (unpaired) electrons. The highest BCUT2D eigenvalue weighted by Gasteiger charge is 2.13. The van der Waals surface area contributed by atoms with Gasteiger partial charge in [-0.05, 0) is 42.5 Å². The van der Waals surface area contributed by atoms with Crippen molar-refractivity contribution in [2.24, 2.45) is 0 Å². The van der Waals surface area contributed by atoms with Crippen LogP contribution in [0.1, 0.15) is 10.6 Å². The van der Waals surface area contributed by atoms with E-state index in [0.717, 1.165) is 0 Å². The van der Waals surface area contributed by atoms with Gasteiger partial charge in [-0.1, -0.05) is 23.7 Å². The second-order valence-corrected chi connectivity index (χ2v) is 5.94. The Kier molecular flexibility index (Phi) is 5.73. The third-order valence-electron chi connectivity index (χ3n) is 3.56. The average Bonchev–Trinajstić information content (AvgIpc) is 3.18. The monoisotopic (exact) mass is 387 g/mol. The third kappa shape index (κ3) is 4.86. The summed E-state index contributed by atoms with van der Waals surface area (Å²) in [6.07, 6.45) is 1.39. The molecule has 0 atom stereocenters. The predicted molar refractivity (Wildman–Crippen MR) is 102 cm³/mol. The molecule has 138 valence electrons. The molecular weight excluding hydrogens is 373 g/mol. The maximum absolute atomic E-state index is 13.6. The van der Waals surface area contributed by atoms with E-state index in [-0.39, 0.29) is 18.0 Å². The predicted octanol–water partition coefficient (Wildman–Crippen LogP) is 4.38. The molecule has 2 amide bonds. The first kappa shape index (κ1) is 18.5. The second kappa shape index (κ2) is 8.37. The zero-order valence-electron chi connectivity index (χ0n) is 14.0. The van der Waals surface area contributed by atoms with Crippen molar-refractivity contribution in [2.75, 3.05) is 22.5 Å². The molecule has 1 aromatic heterocycles. The Labute approximate surface area is 159 Å². The molecule has 0 aliphatic carbocycles. The highest BCUT2D eigenvalue weighted by molar-refractivity contribution is 6.31. The van der Waals surface area contributed by atoms with Gasteiger partial charge in [0.2, 0.25) is 5.91 Å². The van der Waals surface area contributed by atoms with Crippen molar-refractivity contribution in [3.8, 4) is 0 Å². The van der Waals surface area contributed by atoms with E-state index in [9.17, 15) is 14.0 Å². The fourth-order valence-corrected chi connectivity index (χ4v) is 2.47. The van der Waals surface area contributed by atoms with Gasteiger partial charge in [-0.2, -0.15) is 0 Å². The van der Waals surface area contributed by atoms with Gasteiger partial charge in [0.25, 0.3) is 5.91 Å². The Balaban J connectivity index is 1.67. The molecule has 0 fully saturated rings. The number of furan rings is 1. The van der Waals surface area contributed by atoms with Crippen LogP contribution in [0, 0.1) is 5.82 Å². The number of nitrogens with one attached hydrogen (secondary N) is 3. The van der Waals surface area contributed by atoms with E-state index < -0.39 is 17.6 Å². The van der Waals surface area contributed by atoms with Gasteiger partial charge in [0.15, 0.2) is 5.76 Å². The Bertz CT molecular complexity index is 961. The van der Waals surface area contributed by atoms with Crippen LogP contribution in [0.3, 0.4) is 0 Å². The number of amides is 2. The van der Waals surface area contributed by atoms with Crippen LogP contribution in [0.2, 0.25) is 5.02 Å². The summed E-state index contributed by atoms with van der Waals surface area (Å²) in [5.41, 5.74) is 0.942. The number of rotatable bonds is 6. The number of para-hydroxylation sites is 1. The molecule has 3 rings (SSSR count). The van der Waals surface area contributed by atoms with E-state index in [4.69, 9.17) is 16.0 Å². The number of carbonyl (C=O) groups is 2. The Hall–Kier alpha value is -3.32. The second-order valence-electron chi connectivity index (χ2n) is 5.50. The first-order valence-corrected chi connectivity index (χ1v) is 8.33. The van der Waals surface area contributed by atoms with Gasteiger partial charge in [-0.25, -0.2) is 4.39 Å². The molecule has 0 aliphatic rings. The molecule has 6 nitrogen and oxygen atoms in total. The molecule has 3 aromatic rings. The summed E-state index contributed by atoms with van der Waals surface area (Å²) >= 11 is 5.99. The number of carbonyl (C=O) groups excluding carboxylic acids is 2. The Morgan fingerprint density at radius 1 is 0.963 bits per heavy atom. The van der Waals surface area contributed by atoms with Crippen LogP contribution in [-0.2, 0) is 4.79 Å². The van der Waals surface area contributed by atoms with Crippen LogP contribution >= 0.6 is 11.6 Å². The van der Waals surface area contributed by atoms with E-state index in [0.29, 0.717) is 16.4 Å². The maximum atomic E-state index is 13.6. The summed E-state index contributed by atoms with van der Waals surface area (Å²) in [7, 11) is 0. The minimum Gasteiger partial charge on any atom is -0.459 e. The SMILES string of the molecule is O=C(CNc1ccc(Cl)cc1NC(=O)c1ccco1)Nc1ccccc1F. The van der Waals surface area contributed by atoms with Gasteiger partial charge in [0.1, 0.15) is 5.82 Å². The van der Waals surface area contributed by atoms with Crippen molar-refractivity contribution >= 4 is 40.5 Å². The molecule has 0 spiro atoms. The molecule has 27 heavy (non-hydrogen) atoms. The van der Waals surface area contributed by atoms with E-state index in [1.807, 2.05) is 0 Å². The highest BCUT2D eigenvalue weighted by Crippen LogP contribution is 2.26. The van der Waals surface area contributed by atoms with Gasteiger partial charge in [-0.3, -0.25) is 9.59 Å². The lowest BCUT2D eigenvalue weighted by molar-refractivity contribution is -0.114. The first-order chi connectivity index (χ1) is 13.0. The van der Waals surface area contributed by atoms with Crippen LogP contribution in [0.5, 0.6) is 0 Å². The lowest BCUT2D eigenvalue weighted by Crippen LogP contribution is -2.23. The van der Waals surface area contributed by atoms with Crippen molar-refractivity contribution in [1.82, 2.24) is 0 Å². The van der Waals surface area contributed by atoms with Crippen LogP contribution in [0.25, 0.3) is 0 Å². The summed E-state index contributed by atoms with van der Waals surface area (Å²) in [6, 6.07) is 13.8. The number of benzene rings is 2.